The summed E-state index contributed by atoms with van der Waals surface area (Å²) in [5.74, 6) is 0. The number of anilines is 2. The SMILES string of the molecule is C=CC(CC(=C)c1ccccc1)N(c1ccc(-c2ccc3c(c2)C/C=C\C/C=C\C=C/C3=C)cc1)c1cccc(-c2c3ccccc3cc3c2c(/C=C\C=C/C)c(C)n3C2=CCCC=C2)c1. The van der Waals surface area contributed by atoms with Crippen molar-refractivity contribution in [3.05, 3.63) is 254 Å². The van der Waals surface area contributed by atoms with Crippen LogP contribution in [0.1, 0.15) is 60.6 Å². The van der Waals surface area contributed by atoms with Crippen LogP contribution in [0.2, 0.25) is 0 Å². The number of rotatable bonds is 12. The molecule has 1 aromatic heterocycles. The van der Waals surface area contributed by atoms with Crippen molar-refractivity contribution in [1.82, 2.24) is 4.57 Å². The maximum absolute atomic E-state index is 4.61. The van der Waals surface area contributed by atoms with Gasteiger partial charge in [0.15, 0.2) is 0 Å². The van der Waals surface area contributed by atoms with Crippen LogP contribution in [0.3, 0.4) is 0 Å². The quantitative estimate of drug-likeness (QED) is 0.0878. The lowest BCUT2D eigenvalue weighted by Gasteiger charge is -2.33. The second kappa shape index (κ2) is 20.0. The smallest absolute Gasteiger partial charge is 0.0560 e. The van der Waals surface area contributed by atoms with Crippen molar-refractivity contribution >= 4 is 56.0 Å². The van der Waals surface area contributed by atoms with E-state index in [9.17, 15) is 0 Å². The number of aromatic nitrogens is 1. The van der Waals surface area contributed by atoms with Crippen molar-refractivity contribution in [3.8, 4) is 22.3 Å². The molecule has 1 atom stereocenters. The number of hydrogen-bond acceptors (Lipinski definition) is 1. The molecule has 0 saturated carbocycles. The Bertz CT molecular complexity index is 3170. The van der Waals surface area contributed by atoms with E-state index in [2.05, 4.69) is 256 Å². The lowest BCUT2D eigenvalue weighted by atomic mass is 9.91. The lowest BCUT2D eigenvalue weighted by Crippen LogP contribution is -2.29. The molecule has 2 nitrogen and oxygen atoms in total. The molecule has 66 heavy (non-hydrogen) atoms. The van der Waals surface area contributed by atoms with Crippen LogP contribution in [0.5, 0.6) is 0 Å². The van der Waals surface area contributed by atoms with Crippen LogP contribution >= 0.6 is 0 Å². The Morgan fingerprint density at radius 3 is 2.36 bits per heavy atom. The third-order valence-electron chi connectivity index (χ3n) is 13.0. The van der Waals surface area contributed by atoms with Gasteiger partial charge in [-0.05, 0) is 143 Å². The second-order valence-electron chi connectivity index (χ2n) is 17.2. The molecule has 0 N–H and O–H groups in total. The summed E-state index contributed by atoms with van der Waals surface area (Å²) in [5, 5.41) is 3.70. The van der Waals surface area contributed by atoms with Gasteiger partial charge in [-0.1, -0.05) is 189 Å². The lowest BCUT2D eigenvalue weighted by molar-refractivity contribution is 0.804. The molecule has 6 aromatic carbocycles. The van der Waals surface area contributed by atoms with Gasteiger partial charge in [-0.25, -0.2) is 0 Å². The predicted molar refractivity (Wildman–Crippen MR) is 289 cm³/mol. The van der Waals surface area contributed by atoms with E-state index in [1.54, 1.807) is 0 Å². The largest absolute Gasteiger partial charge is 0.334 e. The van der Waals surface area contributed by atoms with E-state index in [1.165, 1.54) is 66.4 Å². The monoisotopic (exact) mass is 854 g/mol. The maximum atomic E-state index is 4.61. The molecular weight excluding hydrogens is 797 g/mol. The van der Waals surface area contributed by atoms with E-state index in [0.29, 0.717) is 6.42 Å². The van der Waals surface area contributed by atoms with Gasteiger partial charge in [0, 0.05) is 33.7 Å². The summed E-state index contributed by atoms with van der Waals surface area (Å²) in [6.45, 7) is 17.8. The average molecular weight is 855 g/mol. The number of fused-ring (bicyclic) bond motifs is 3. The summed E-state index contributed by atoms with van der Waals surface area (Å²) in [6, 6.07) is 46.6. The van der Waals surface area contributed by atoms with E-state index < -0.39 is 0 Å². The minimum absolute atomic E-state index is 0.0899. The minimum atomic E-state index is -0.0899. The van der Waals surface area contributed by atoms with Gasteiger partial charge in [-0.2, -0.15) is 0 Å². The number of hydrogen-bond donors (Lipinski definition) is 0. The Kier molecular flexibility index (Phi) is 13.2. The average Bonchev–Trinajstić information content (AvgIpc) is 3.61. The van der Waals surface area contributed by atoms with Crippen LogP contribution in [0, 0.1) is 6.92 Å². The molecule has 0 radical (unpaired) electrons. The van der Waals surface area contributed by atoms with E-state index >= 15 is 0 Å². The van der Waals surface area contributed by atoms with E-state index in [0.717, 1.165) is 59.3 Å². The molecular formula is C64H58N2. The maximum Gasteiger partial charge on any atom is 0.0560 e. The highest BCUT2D eigenvalue weighted by atomic mass is 15.2. The van der Waals surface area contributed by atoms with Gasteiger partial charge in [0.1, 0.15) is 0 Å². The highest BCUT2D eigenvalue weighted by Crippen LogP contribution is 2.45. The van der Waals surface area contributed by atoms with Gasteiger partial charge >= 0.3 is 0 Å². The van der Waals surface area contributed by atoms with E-state index in [1.807, 2.05) is 0 Å². The minimum Gasteiger partial charge on any atom is -0.334 e. The Morgan fingerprint density at radius 1 is 0.742 bits per heavy atom. The van der Waals surface area contributed by atoms with Crippen molar-refractivity contribution in [2.75, 3.05) is 4.90 Å². The highest BCUT2D eigenvalue weighted by Gasteiger charge is 2.24. The van der Waals surface area contributed by atoms with Crippen LogP contribution < -0.4 is 4.90 Å². The van der Waals surface area contributed by atoms with Crippen molar-refractivity contribution in [2.45, 2.75) is 52.0 Å². The molecule has 0 bridgehead atoms. The number of nitrogens with zero attached hydrogens (tertiary/aromatic N) is 2. The van der Waals surface area contributed by atoms with Gasteiger partial charge in [0.05, 0.1) is 11.6 Å². The normalized spacial score (nSPS) is 15.9. The molecule has 0 spiro atoms. The Labute approximate surface area is 392 Å². The molecule has 1 heterocycles. The van der Waals surface area contributed by atoms with Gasteiger partial charge in [0.25, 0.3) is 0 Å². The molecule has 0 saturated heterocycles. The Hall–Kier alpha value is -7.68. The van der Waals surface area contributed by atoms with Crippen LogP contribution in [0.4, 0.5) is 11.4 Å². The summed E-state index contributed by atoms with van der Waals surface area (Å²) in [4.78, 5) is 2.45. The zero-order chi connectivity index (χ0) is 45.4. The summed E-state index contributed by atoms with van der Waals surface area (Å²) in [7, 11) is 0. The summed E-state index contributed by atoms with van der Waals surface area (Å²) in [6.07, 6.45) is 35.3. The Balaban J connectivity index is 1.19. The molecule has 0 amide bonds. The molecule has 324 valence electrons. The standard InChI is InChI=1S/C64H58N2/c1-6-8-15-34-60-48(5)65(56-31-20-14-21-32-56)62-45-53-29-22-23-35-61(53)63(64(60)62)54-30-24-33-58(44-54)66(55(7-2)42-47(4)49-26-18-13-19-27-49)57-39-36-50(37-40-57)51-38-41-59-46(3)25-16-11-9-10-12-17-28-52(59)43-51/h6-9,11-13,15-20,22-27,29-41,43-45,55H,2-4,10,14,21,28,42H2,1,5H3/b8-6-,11-9-,17-12-,25-16-,34-15-. The topological polar surface area (TPSA) is 8.17 Å². The zero-order valence-electron chi connectivity index (χ0n) is 38.3. The van der Waals surface area contributed by atoms with Gasteiger partial charge in [-0.3, -0.25) is 0 Å². The van der Waals surface area contributed by atoms with Gasteiger partial charge in [0.2, 0.25) is 0 Å². The first kappa shape index (κ1) is 43.6. The molecule has 2 aliphatic carbocycles. The zero-order valence-corrected chi connectivity index (χ0v) is 38.3. The molecule has 2 aliphatic rings. The molecule has 0 fully saturated rings. The fourth-order valence-corrected chi connectivity index (χ4v) is 9.67. The van der Waals surface area contributed by atoms with E-state index in [4.69, 9.17) is 0 Å². The molecule has 9 rings (SSSR count). The van der Waals surface area contributed by atoms with Crippen molar-refractivity contribution < 1.29 is 0 Å². The molecule has 7 aromatic rings. The first-order valence-electron chi connectivity index (χ1n) is 23.3. The van der Waals surface area contributed by atoms with Crippen molar-refractivity contribution in [1.29, 1.82) is 0 Å². The summed E-state index contributed by atoms with van der Waals surface area (Å²) < 4.78 is 2.47. The first-order valence-corrected chi connectivity index (χ1v) is 23.3. The third kappa shape index (κ3) is 9.01. The number of benzene rings is 6. The fraction of sp³-hybridized carbons (Fsp3) is 0.125. The van der Waals surface area contributed by atoms with Gasteiger partial charge in [-0.15, -0.1) is 6.58 Å². The fourth-order valence-electron chi connectivity index (χ4n) is 9.67. The first-order chi connectivity index (χ1) is 32.4. The summed E-state index contributed by atoms with van der Waals surface area (Å²) in [5.41, 5.74) is 17.5. The Morgan fingerprint density at radius 2 is 1.56 bits per heavy atom. The predicted octanol–water partition coefficient (Wildman–Crippen LogP) is 17.6. The van der Waals surface area contributed by atoms with E-state index in [-0.39, 0.29) is 6.04 Å². The van der Waals surface area contributed by atoms with Crippen molar-refractivity contribution in [2.24, 2.45) is 0 Å². The summed E-state index contributed by atoms with van der Waals surface area (Å²) >= 11 is 0. The van der Waals surface area contributed by atoms with Crippen LogP contribution in [-0.2, 0) is 6.42 Å². The van der Waals surface area contributed by atoms with Crippen LogP contribution in [0.15, 0.2) is 226 Å². The molecule has 1 unspecified atom stereocenters. The van der Waals surface area contributed by atoms with Crippen LogP contribution in [0.25, 0.3) is 66.8 Å². The third-order valence-corrected chi connectivity index (χ3v) is 13.0. The van der Waals surface area contributed by atoms with Crippen molar-refractivity contribution in [3.63, 3.8) is 0 Å². The van der Waals surface area contributed by atoms with Gasteiger partial charge < -0.3 is 9.47 Å². The molecule has 0 aliphatic heterocycles. The molecule has 2 heteroatoms. The second-order valence-corrected chi connectivity index (χ2v) is 17.2. The van der Waals surface area contributed by atoms with Crippen LogP contribution in [-0.4, -0.2) is 10.6 Å². The number of allylic oxidation sites excluding steroid dienone is 14. The highest BCUT2D eigenvalue weighted by molar-refractivity contribution is 6.16.